The lowest BCUT2D eigenvalue weighted by atomic mass is 10.2. The SMILES string of the molecule is CC(=O)C(N)C(=O)OCc1ccccc1. The molecule has 1 aromatic carbocycles. The van der Waals surface area contributed by atoms with Crippen molar-refractivity contribution in [2.75, 3.05) is 0 Å². The minimum atomic E-state index is -1.17. The molecule has 0 bridgehead atoms. The molecule has 80 valence electrons. The first-order chi connectivity index (χ1) is 7.11. The maximum atomic E-state index is 11.2. The second-order valence-electron chi connectivity index (χ2n) is 3.18. The number of esters is 1. The Bertz CT molecular complexity index is 348. The molecule has 1 unspecified atom stereocenters. The third-order valence-electron chi connectivity index (χ3n) is 1.92. The minimum Gasteiger partial charge on any atom is -0.459 e. The monoisotopic (exact) mass is 207 g/mol. The number of benzene rings is 1. The van der Waals surface area contributed by atoms with Crippen molar-refractivity contribution < 1.29 is 14.3 Å². The maximum absolute atomic E-state index is 11.2. The Morgan fingerprint density at radius 3 is 2.47 bits per heavy atom. The molecule has 0 radical (unpaired) electrons. The standard InChI is InChI=1S/C11H13NO3/c1-8(13)10(12)11(14)15-7-9-5-3-2-4-6-9/h2-6,10H,7,12H2,1H3. The van der Waals surface area contributed by atoms with Gasteiger partial charge in [0.05, 0.1) is 0 Å². The fraction of sp³-hybridized carbons (Fsp3) is 0.273. The van der Waals surface area contributed by atoms with Crippen LogP contribution in [0.5, 0.6) is 0 Å². The molecule has 0 fully saturated rings. The quantitative estimate of drug-likeness (QED) is 0.581. The summed E-state index contributed by atoms with van der Waals surface area (Å²) < 4.78 is 4.87. The Kier molecular flexibility index (Phi) is 4.00. The molecule has 0 heterocycles. The summed E-state index contributed by atoms with van der Waals surface area (Å²) in [4.78, 5) is 22.0. The van der Waals surface area contributed by atoms with Crippen LogP contribution in [0, 0.1) is 0 Å². The summed E-state index contributed by atoms with van der Waals surface area (Å²) in [5.74, 6) is -1.08. The lowest BCUT2D eigenvalue weighted by Gasteiger charge is -2.08. The Balaban J connectivity index is 2.44. The van der Waals surface area contributed by atoms with E-state index in [1.54, 1.807) is 0 Å². The van der Waals surface area contributed by atoms with Crippen LogP contribution >= 0.6 is 0 Å². The van der Waals surface area contributed by atoms with Gasteiger partial charge in [-0.2, -0.15) is 0 Å². The predicted octanol–water partition coefficient (Wildman–Crippen LogP) is 0.646. The van der Waals surface area contributed by atoms with Crippen molar-refractivity contribution in [2.45, 2.75) is 19.6 Å². The van der Waals surface area contributed by atoms with Gasteiger partial charge in [0, 0.05) is 0 Å². The van der Waals surface area contributed by atoms with Gasteiger partial charge in [0.15, 0.2) is 11.8 Å². The highest BCUT2D eigenvalue weighted by molar-refractivity contribution is 6.01. The van der Waals surface area contributed by atoms with Crippen LogP contribution in [-0.4, -0.2) is 17.8 Å². The van der Waals surface area contributed by atoms with E-state index in [0.717, 1.165) is 5.56 Å². The van der Waals surface area contributed by atoms with Crippen LogP contribution in [0.4, 0.5) is 0 Å². The van der Waals surface area contributed by atoms with Crippen molar-refractivity contribution in [2.24, 2.45) is 5.73 Å². The van der Waals surface area contributed by atoms with Crippen LogP contribution in [0.1, 0.15) is 12.5 Å². The van der Waals surface area contributed by atoms with E-state index in [4.69, 9.17) is 10.5 Å². The summed E-state index contributed by atoms with van der Waals surface area (Å²) in [6.45, 7) is 1.40. The lowest BCUT2D eigenvalue weighted by Crippen LogP contribution is -2.38. The summed E-state index contributed by atoms with van der Waals surface area (Å²) >= 11 is 0. The van der Waals surface area contributed by atoms with Crippen molar-refractivity contribution >= 4 is 11.8 Å². The summed E-state index contributed by atoms with van der Waals surface area (Å²) in [6, 6.07) is 8.03. The van der Waals surface area contributed by atoms with Gasteiger partial charge in [-0.15, -0.1) is 0 Å². The van der Waals surface area contributed by atoms with E-state index in [1.807, 2.05) is 30.3 Å². The number of hydrogen-bond donors (Lipinski definition) is 1. The summed E-state index contributed by atoms with van der Waals surface area (Å²) in [5, 5.41) is 0. The number of Topliss-reactive ketones (excluding diaryl/α,β-unsaturated/α-hetero) is 1. The fourth-order valence-corrected chi connectivity index (χ4v) is 0.984. The van der Waals surface area contributed by atoms with E-state index in [2.05, 4.69) is 0 Å². The molecule has 0 aromatic heterocycles. The molecule has 1 atom stereocenters. The van der Waals surface area contributed by atoms with Gasteiger partial charge in [-0.1, -0.05) is 30.3 Å². The van der Waals surface area contributed by atoms with E-state index in [9.17, 15) is 9.59 Å². The van der Waals surface area contributed by atoms with Gasteiger partial charge in [-0.25, -0.2) is 4.79 Å². The molecule has 1 rings (SSSR count). The maximum Gasteiger partial charge on any atom is 0.330 e. The molecule has 1 aromatic rings. The van der Waals surface area contributed by atoms with E-state index < -0.39 is 17.8 Å². The molecule has 0 aliphatic heterocycles. The van der Waals surface area contributed by atoms with Crippen molar-refractivity contribution in [1.82, 2.24) is 0 Å². The van der Waals surface area contributed by atoms with Crippen LogP contribution in [0.15, 0.2) is 30.3 Å². The topological polar surface area (TPSA) is 69.4 Å². The summed E-state index contributed by atoms with van der Waals surface area (Å²) in [7, 11) is 0. The largest absolute Gasteiger partial charge is 0.459 e. The number of nitrogens with two attached hydrogens (primary N) is 1. The second kappa shape index (κ2) is 5.26. The predicted molar refractivity (Wildman–Crippen MR) is 54.9 cm³/mol. The van der Waals surface area contributed by atoms with E-state index in [1.165, 1.54) is 6.92 Å². The number of rotatable bonds is 4. The number of carbonyl (C=O) groups is 2. The molecule has 4 nitrogen and oxygen atoms in total. The molecule has 2 N–H and O–H groups in total. The van der Waals surface area contributed by atoms with Crippen LogP contribution in [0.2, 0.25) is 0 Å². The van der Waals surface area contributed by atoms with Crippen molar-refractivity contribution in [3.63, 3.8) is 0 Å². The lowest BCUT2D eigenvalue weighted by molar-refractivity contribution is -0.148. The molecule has 0 amide bonds. The number of hydrogen-bond acceptors (Lipinski definition) is 4. The smallest absolute Gasteiger partial charge is 0.330 e. The van der Waals surface area contributed by atoms with Gasteiger partial charge in [0.25, 0.3) is 0 Å². The van der Waals surface area contributed by atoms with Gasteiger partial charge in [0.1, 0.15) is 6.61 Å². The highest BCUT2D eigenvalue weighted by atomic mass is 16.5. The highest BCUT2D eigenvalue weighted by Gasteiger charge is 2.19. The fourth-order valence-electron chi connectivity index (χ4n) is 0.984. The first-order valence-corrected chi connectivity index (χ1v) is 4.58. The molecule has 4 heteroatoms. The van der Waals surface area contributed by atoms with Gasteiger partial charge < -0.3 is 10.5 Å². The van der Waals surface area contributed by atoms with Crippen LogP contribution < -0.4 is 5.73 Å². The van der Waals surface area contributed by atoms with Gasteiger partial charge in [-0.05, 0) is 12.5 Å². The Labute approximate surface area is 88.0 Å². The molecular formula is C11H13NO3. The zero-order chi connectivity index (χ0) is 11.3. The zero-order valence-corrected chi connectivity index (χ0v) is 8.47. The van der Waals surface area contributed by atoms with Gasteiger partial charge >= 0.3 is 5.97 Å². The Morgan fingerprint density at radius 2 is 1.93 bits per heavy atom. The van der Waals surface area contributed by atoms with Gasteiger partial charge in [0.2, 0.25) is 0 Å². The number of ether oxygens (including phenoxy) is 1. The number of ketones is 1. The molecule has 0 saturated carbocycles. The number of carbonyl (C=O) groups excluding carboxylic acids is 2. The van der Waals surface area contributed by atoms with E-state index in [-0.39, 0.29) is 6.61 Å². The summed E-state index contributed by atoms with van der Waals surface area (Å²) in [6.07, 6.45) is 0. The zero-order valence-electron chi connectivity index (χ0n) is 8.47. The van der Waals surface area contributed by atoms with Crippen molar-refractivity contribution in [3.8, 4) is 0 Å². The van der Waals surface area contributed by atoms with E-state index in [0.29, 0.717) is 0 Å². The molecule has 0 aliphatic rings. The first kappa shape index (κ1) is 11.4. The second-order valence-corrected chi connectivity index (χ2v) is 3.18. The van der Waals surface area contributed by atoms with Gasteiger partial charge in [-0.3, -0.25) is 4.79 Å². The normalized spacial score (nSPS) is 11.9. The minimum absolute atomic E-state index is 0.140. The Hall–Kier alpha value is -1.68. The first-order valence-electron chi connectivity index (χ1n) is 4.58. The van der Waals surface area contributed by atoms with Crippen LogP contribution in [-0.2, 0) is 20.9 Å². The average Bonchev–Trinajstić information content (AvgIpc) is 2.26. The molecule has 15 heavy (non-hydrogen) atoms. The van der Waals surface area contributed by atoms with Crippen molar-refractivity contribution in [1.29, 1.82) is 0 Å². The molecule has 0 aliphatic carbocycles. The molecular weight excluding hydrogens is 194 g/mol. The molecule has 0 spiro atoms. The summed E-state index contributed by atoms with van der Waals surface area (Å²) in [5.41, 5.74) is 6.16. The van der Waals surface area contributed by atoms with Crippen LogP contribution in [0.3, 0.4) is 0 Å². The highest BCUT2D eigenvalue weighted by Crippen LogP contribution is 2.01. The third kappa shape index (κ3) is 3.52. The van der Waals surface area contributed by atoms with E-state index >= 15 is 0 Å². The van der Waals surface area contributed by atoms with Crippen molar-refractivity contribution in [3.05, 3.63) is 35.9 Å². The Morgan fingerprint density at radius 1 is 1.33 bits per heavy atom. The third-order valence-corrected chi connectivity index (χ3v) is 1.92. The molecule has 0 saturated heterocycles. The average molecular weight is 207 g/mol. The van der Waals surface area contributed by atoms with Crippen LogP contribution in [0.25, 0.3) is 0 Å².